The Balaban J connectivity index is 2.35. The first kappa shape index (κ1) is 15.8. The number of aryl methyl sites for hydroxylation is 1. The summed E-state index contributed by atoms with van der Waals surface area (Å²) in [6.07, 6.45) is 0.833. The third-order valence-corrected chi connectivity index (χ3v) is 6.01. The molecule has 1 saturated heterocycles. The Hall–Kier alpha value is -0.560. The van der Waals surface area contributed by atoms with Crippen LogP contribution >= 0.6 is 11.6 Å². The molecule has 1 aromatic rings. The predicted molar refractivity (Wildman–Crippen MR) is 78.5 cm³/mol. The molecule has 5 nitrogen and oxygen atoms in total. The van der Waals surface area contributed by atoms with Crippen LogP contribution < -0.4 is 0 Å². The van der Waals surface area contributed by atoms with Gasteiger partial charge < -0.3 is 9.32 Å². The molecule has 2 heterocycles. The van der Waals surface area contributed by atoms with Crippen molar-refractivity contribution in [3.8, 4) is 0 Å². The minimum atomic E-state index is -3.52. The Kier molecular flexibility index (Phi) is 4.79. The van der Waals surface area contributed by atoms with Crippen molar-refractivity contribution in [3.05, 3.63) is 17.6 Å². The van der Waals surface area contributed by atoms with Gasteiger partial charge in [-0.05, 0) is 33.9 Å². The van der Waals surface area contributed by atoms with Crippen LogP contribution in [0.3, 0.4) is 0 Å². The molecule has 20 heavy (non-hydrogen) atoms. The number of sulfonamides is 1. The number of nitrogens with zero attached hydrogens (tertiary/aromatic N) is 2. The van der Waals surface area contributed by atoms with E-state index in [1.165, 1.54) is 0 Å². The smallest absolute Gasteiger partial charge is 0.246 e. The lowest BCUT2D eigenvalue weighted by Crippen LogP contribution is -2.41. The van der Waals surface area contributed by atoms with Gasteiger partial charge in [0.05, 0.1) is 5.88 Å². The van der Waals surface area contributed by atoms with Crippen molar-refractivity contribution in [1.82, 2.24) is 9.21 Å². The Morgan fingerprint density at radius 1 is 1.45 bits per heavy atom. The van der Waals surface area contributed by atoms with Crippen LogP contribution in [0, 0.1) is 6.92 Å². The largest absolute Gasteiger partial charge is 0.464 e. The molecule has 0 saturated carbocycles. The molecule has 7 heteroatoms. The molecule has 114 valence electrons. The number of rotatable bonds is 3. The van der Waals surface area contributed by atoms with E-state index in [-0.39, 0.29) is 16.8 Å². The van der Waals surface area contributed by atoms with Gasteiger partial charge in [0, 0.05) is 25.2 Å². The molecule has 1 fully saturated rings. The average molecular weight is 321 g/mol. The molecule has 0 amide bonds. The second kappa shape index (κ2) is 6.05. The number of hydrogen-bond donors (Lipinski definition) is 0. The van der Waals surface area contributed by atoms with E-state index in [9.17, 15) is 8.42 Å². The molecular weight excluding hydrogens is 300 g/mol. The predicted octanol–water partition coefficient (Wildman–Crippen LogP) is 2.04. The minimum Gasteiger partial charge on any atom is -0.464 e. The van der Waals surface area contributed by atoms with Gasteiger partial charge in [0.25, 0.3) is 0 Å². The fourth-order valence-electron chi connectivity index (χ4n) is 2.68. The number of alkyl halides is 1. The molecule has 0 radical (unpaired) electrons. The second-order valence-electron chi connectivity index (χ2n) is 5.35. The van der Waals surface area contributed by atoms with Crippen LogP contribution in [0.25, 0.3) is 0 Å². The minimum absolute atomic E-state index is 0.0544. The fourth-order valence-corrected chi connectivity index (χ4v) is 4.66. The number of likely N-dealkylation sites (N-methyl/N-ethyl adjacent to an activating group) is 1. The summed E-state index contributed by atoms with van der Waals surface area (Å²) in [5.74, 6) is 1.07. The molecule has 1 aromatic heterocycles. The van der Waals surface area contributed by atoms with Crippen LogP contribution in [0.2, 0.25) is 0 Å². The van der Waals surface area contributed by atoms with E-state index < -0.39 is 10.0 Å². The summed E-state index contributed by atoms with van der Waals surface area (Å²) in [7, 11) is -1.51. The highest BCUT2D eigenvalue weighted by Crippen LogP contribution is 2.27. The lowest BCUT2D eigenvalue weighted by molar-refractivity contribution is 0.290. The van der Waals surface area contributed by atoms with Crippen molar-refractivity contribution >= 4 is 21.6 Å². The van der Waals surface area contributed by atoms with E-state index in [2.05, 4.69) is 4.90 Å². The van der Waals surface area contributed by atoms with Gasteiger partial charge in [0.2, 0.25) is 10.0 Å². The van der Waals surface area contributed by atoms with Crippen molar-refractivity contribution in [3.63, 3.8) is 0 Å². The first-order chi connectivity index (χ1) is 9.36. The molecule has 0 aliphatic carbocycles. The molecule has 0 spiro atoms. The quantitative estimate of drug-likeness (QED) is 0.800. The molecule has 2 rings (SSSR count). The Morgan fingerprint density at radius 2 is 2.15 bits per heavy atom. The second-order valence-corrected chi connectivity index (χ2v) is 7.47. The molecule has 1 unspecified atom stereocenters. The van der Waals surface area contributed by atoms with E-state index >= 15 is 0 Å². The van der Waals surface area contributed by atoms with Crippen LogP contribution in [-0.2, 0) is 15.9 Å². The number of furan rings is 1. The number of hydrogen-bond acceptors (Lipinski definition) is 4. The normalized spacial score (nSPS) is 22.9. The molecular formula is C13H21ClN2O3S. The van der Waals surface area contributed by atoms with Gasteiger partial charge in [-0.25, -0.2) is 8.42 Å². The maximum Gasteiger partial charge on any atom is 0.246 e. The third-order valence-electron chi connectivity index (χ3n) is 3.63. The first-order valence-corrected chi connectivity index (χ1v) is 8.69. The summed E-state index contributed by atoms with van der Waals surface area (Å²) >= 11 is 5.71. The van der Waals surface area contributed by atoms with Gasteiger partial charge in [-0.1, -0.05) is 0 Å². The molecule has 1 atom stereocenters. The summed E-state index contributed by atoms with van der Waals surface area (Å²) in [4.78, 5) is 2.40. The highest BCUT2D eigenvalue weighted by atomic mass is 35.5. The zero-order valence-corrected chi connectivity index (χ0v) is 13.7. The van der Waals surface area contributed by atoms with Crippen LogP contribution in [0.15, 0.2) is 15.4 Å². The van der Waals surface area contributed by atoms with E-state index in [1.54, 1.807) is 17.3 Å². The average Bonchev–Trinajstić information content (AvgIpc) is 2.67. The molecule has 1 aliphatic heterocycles. The van der Waals surface area contributed by atoms with Crippen molar-refractivity contribution in [2.75, 3.05) is 26.7 Å². The van der Waals surface area contributed by atoms with Gasteiger partial charge >= 0.3 is 0 Å². The fraction of sp³-hybridized carbons (Fsp3) is 0.692. The zero-order chi connectivity index (χ0) is 14.9. The van der Waals surface area contributed by atoms with Gasteiger partial charge in [-0.2, -0.15) is 4.31 Å². The highest BCUT2D eigenvalue weighted by Gasteiger charge is 2.33. The maximum absolute atomic E-state index is 12.8. The van der Waals surface area contributed by atoms with Gasteiger partial charge in [-0.15, -0.1) is 11.6 Å². The van der Waals surface area contributed by atoms with Crippen LogP contribution in [-0.4, -0.2) is 50.3 Å². The van der Waals surface area contributed by atoms with Crippen molar-refractivity contribution in [1.29, 1.82) is 0 Å². The zero-order valence-electron chi connectivity index (χ0n) is 12.1. The van der Waals surface area contributed by atoms with E-state index in [0.29, 0.717) is 18.1 Å². The van der Waals surface area contributed by atoms with E-state index in [4.69, 9.17) is 16.0 Å². The van der Waals surface area contributed by atoms with Crippen LogP contribution in [0.5, 0.6) is 0 Å². The molecule has 1 aliphatic rings. The summed E-state index contributed by atoms with van der Waals surface area (Å²) in [6.45, 7) is 5.79. The molecule has 0 bridgehead atoms. The third kappa shape index (κ3) is 3.03. The van der Waals surface area contributed by atoms with E-state index in [1.807, 2.05) is 14.0 Å². The summed E-state index contributed by atoms with van der Waals surface area (Å²) < 4.78 is 32.6. The number of halogens is 1. The SMILES string of the molecule is Cc1oc(CCl)cc1S(=O)(=O)N1CCCN(C)CC1C. The van der Waals surface area contributed by atoms with Gasteiger partial charge in [0.1, 0.15) is 16.4 Å². The lowest BCUT2D eigenvalue weighted by atomic mass is 10.3. The van der Waals surface area contributed by atoms with Crippen molar-refractivity contribution in [2.45, 2.75) is 37.1 Å². The Bertz CT molecular complexity index is 570. The standard InChI is InChI=1S/C13H21ClN2O3S/c1-10-9-15(3)5-4-6-16(10)20(17,18)13-7-12(8-14)19-11(13)2/h7,10H,4-6,8-9H2,1-3H3. The Morgan fingerprint density at radius 3 is 2.75 bits per heavy atom. The summed E-state index contributed by atoms with van der Waals surface area (Å²) in [5.41, 5.74) is 0. The molecule has 0 aromatic carbocycles. The summed E-state index contributed by atoms with van der Waals surface area (Å²) in [6, 6.07) is 1.49. The van der Waals surface area contributed by atoms with Gasteiger partial charge in [-0.3, -0.25) is 0 Å². The van der Waals surface area contributed by atoms with Crippen molar-refractivity contribution < 1.29 is 12.8 Å². The highest BCUT2D eigenvalue weighted by molar-refractivity contribution is 7.89. The first-order valence-electron chi connectivity index (χ1n) is 6.72. The van der Waals surface area contributed by atoms with Gasteiger partial charge in [0.15, 0.2) is 0 Å². The topological polar surface area (TPSA) is 53.8 Å². The molecule has 0 N–H and O–H groups in total. The maximum atomic E-state index is 12.8. The van der Waals surface area contributed by atoms with E-state index in [0.717, 1.165) is 19.5 Å². The summed E-state index contributed by atoms with van der Waals surface area (Å²) in [5, 5.41) is 0. The van der Waals surface area contributed by atoms with Crippen molar-refractivity contribution in [2.24, 2.45) is 0 Å². The van der Waals surface area contributed by atoms with Crippen LogP contribution in [0.1, 0.15) is 24.9 Å². The van der Waals surface area contributed by atoms with Crippen LogP contribution in [0.4, 0.5) is 0 Å². The monoisotopic (exact) mass is 320 g/mol. The lowest BCUT2D eigenvalue weighted by Gasteiger charge is -2.26. The Labute approximate surface area is 125 Å².